The van der Waals surface area contributed by atoms with Gasteiger partial charge in [0.15, 0.2) is 0 Å². The van der Waals surface area contributed by atoms with Crippen molar-refractivity contribution in [3.8, 4) is 5.75 Å². The van der Waals surface area contributed by atoms with Gasteiger partial charge in [-0.05, 0) is 49.7 Å². The number of rotatable bonds is 6. The highest BCUT2D eigenvalue weighted by molar-refractivity contribution is 9.10. The molecule has 1 atom stereocenters. The van der Waals surface area contributed by atoms with Gasteiger partial charge in [-0.25, -0.2) is 13.1 Å². The second-order valence-electron chi connectivity index (χ2n) is 4.92. The number of hydrogen-bond donors (Lipinski definition) is 1. The number of nitrogens with one attached hydrogen (secondary N) is 1. The van der Waals surface area contributed by atoms with Crippen molar-refractivity contribution in [1.29, 1.82) is 0 Å². The molecule has 0 saturated carbocycles. The summed E-state index contributed by atoms with van der Waals surface area (Å²) in [4.78, 5) is 0.0378. The van der Waals surface area contributed by atoms with Gasteiger partial charge in [0.25, 0.3) is 0 Å². The van der Waals surface area contributed by atoms with Crippen molar-refractivity contribution in [1.82, 2.24) is 4.72 Å². The number of ether oxygens (including phenoxy) is 1. The predicted octanol–water partition coefficient (Wildman–Crippen LogP) is 4.54. The van der Waals surface area contributed by atoms with Crippen LogP contribution in [0.5, 0.6) is 5.75 Å². The normalized spacial score (nSPS) is 12.9. The first-order valence-corrected chi connectivity index (χ1v) is 9.69. The van der Waals surface area contributed by atoms with E-state index in [2.05, 4.69) is 20.7 Å². The third kappa shape index (κ3) is 4.70. The Labute approximate surface area is 150 Å². The maximum absolute atomic E-state index is 12.7. The second kappa shape index (κ2) is 7.66. The Morgan fingerprint density at radius 1 is 1.22 bits per heavy atom. The molecule has 0 radical (unpaired) electrons. The third-order valence-electron chi connectivity index (χ3n) is 3.20. The maximum atomic E-state index is 12.7. The molecule has 2 aromatic carbocycles. The van der Waals surface area contributed by atoms with Gasteiger partial charge in [0, 0.05) is 15.5 Å². The minimum Gasteiger partial charge on any atom is -0.492 e. The highest BCUT2D eigenvalue weighted by atomic mass is 79.9. The predicted molar refractivity (Wildman–Crippen MR) is 95.5 cm³/mol. The standard InChI is InChI=1S/C16H17BrClNO3S/c1-3-22-15-9-8-14(18)10-16(15)23(20,21)19-11(2)12-4-6-13(17)7-5-12/h4-11,19H,3H2,1-2H3/t11-/m1/s1. The first kappa shape index (κ1) is 18.3. The van der Waals surface area contributed by atoms with Crippen LogP contribution in [0.3, 0.4) is 0 Å². The van der Waals surface area contributed by atoms with Crippen LogP contribution in [0.4, 0.5) is 0 Å². The average molecular weight is 419 g/mol. The molecule has 0 amide bonds. The van der Waals surface area contributed by atoms with Gasteiger partial charge < -0.3 is 4.74 Å². The molecule has 0 fully saturated rings. The molecule has 2 aromatic rings. The summed E-state index contributed by atoms with van der Waals surface area (Å²) in [6.45, 7) is 3.95. The van der Waals surface area contributed by atoms with Crippen LogP contribution in [-0.2, 0) is 10.0 Å². The van der Waals surface area contributed by atoms with Crippen LogP contribution >= 0.6 is 27.5 Å². The van der Waals surface area contributed by atoms with Gasteiger partial charge in [0.05, 0.1) is 6.61 Å². The molecule has 0 bridgehead atoms. The minimum absolute atomic E-state index is 0.0378. The molecular formula is C16H17BrClNO3S. The van der Waals surface area contributed by atoms with E-state index in [1.54, 1.807) is 26.0 Å². The van der Waals surface area contributed by atoms with Crippen LogP contribution in [0.1, 0.15) is 25.5 Å². The van der Waals surface area contributed by atoms with E-state index in [0.29, 0.717) is 11.6 Å². The van der Waals surface area contributed by atoms with Gasteiger partial charge in [0.2, 0.25) is 10.0 Å². The van der Waals surface area contributed by atoms with Crippen LogP contribution < -0.4 is 9.46 Å². The van der Waals surface area contributed by atoms with Gasteiger partial charge >= 0.3 is 0 Å². The van der Waals surface area contributed by atoms with E-state index in [-0.39, 0.29) is 16.7 Å². The molecule has 0 heterocycles. The minimum atomic E-state index is -3.76. The van der Waals surface area contributed by atoms with Crippen molar-refractivity contribution >= 4 is 37.6 Å². The molecule has 0 spiro atoms. The summed E-state index contributed by atoms with van der Waals surface area (Å²) >= 11 is 9.30. The van der Waals surface area contributed by atoms with Crippen molar-refractivity contribution < 1.29 is 13.2 Å². The summed E-state index contributed by atoms with van der Waals surface area (Å²) in [5, 5.41) is 0.338. The molecule has 0 aliphatic carbocycles. The van der Waals surface area contributed by atoms with E-state index in [9.17, 15) is 8.42 Å². The van der Waals surface area contributed by atoms with Crippen LogP contribution in [0.15, 0.2) is 51.8 Å². The summed E-state index contributed by atoms with van der Waals surface area (Å²) in [5.41, 5.74) is 0.858. The molecule has 0 unspecified atom stereocenters. The first-order valence-electron chi connectivity index (χ1n) is 7.03. The smallest absolute Gasteiger partial charge is 0.244 e. The molecule has 0 aliphatic heterocycles. The fourth-order valence-corrected chi connectivity index (χ4v) is 3.99. The zero-order valence-corrected chi connectivity index (χ0v) is 15.9. The third-order valence-corrected chi connectivity index (χ3v) is 5.52. The Bertz CT molecular complexity index is 778. The average Bonchev–Trinajstić information content (AvgIpc) is 2.49. The van der Waals surface area contributed by atoms with Crippen LogP contribution in [-0.4, -0.2) is 15.0 Å². The van der Waals surface area contributed by atoms with Crippen molar-refractivity contribution in [2.75, 3.05) is 6.61 Å². The highest BCUT2D eigenvalue weighted by Gasteiger charge is 2.23. The summed E-state index contributed by atoms with van der Waals surface area (Å²) in [6.07, 6.45) is 0. The number of benzene rings is 2. The maximum Gasteiger partial charge on any atom is 0.244 e. The molecule has 0 aliphatic rings. The Kier molecular flexibility index (Phi) is 6.08. The molecule has 0 aromatic heterocycles. The number of halogens is 2. The molecule has 0 saturated heterocycles. The largest absolute Gasteiger partial charge is 0.492 e. The number of hydrogen-bond acceptors (Lipinski definition) is 3. The van der Waals surface area contributed by atoms with E-state index in [0.717, 1.165) is 10.0 Å². The fraction of sp³-hybridized carbons (Fsp3) is 0.250. The van der Waals surface area contributed by atoms with Crippen LogP contribution in [0.2, 0.25) is 5.02 Å². The topological polar surface area (TPSA) is 55.4 Å². The summed E-state index contributed by atoms with van der Waals surface area (Å²) < 4.78 is 34.3. The Hall–Kier alpha value is -1.08. The van der Waals surface area contributed by atoms with Gasteiger partial charge in [-0.3, -0.25) is 0 Å². The molecule has 2 rings (SSSR count). The van der Waals surface area contributed by atoms with E-state index in [1.807, 2.05) is 24.3 Å². The van der Waals surface area contributed by atoms with Gasteiger partial charge in [-0.1, -0.05) is 39.7 Å². The van der Waals surface area contributed by atoms with Crippen LogP contribution in [0.25, 0.3) is 0 Å². The SMILES string of the molecule is CCOc1ccc(Cl)cc1S(=O)(=O)N[C@H](C)c1ccc(Br)cc1. The highest BCUT2D eigenvalue weighted by Crippen LogP contribution is 2.28. The Morgan fingerprint density at radius 3 is 2.48 bits per heavy atom. The van der Waals surface area contributed by atoms with Crippen LogP contribution in [0, 0.1) is 0 Å². The monoisotopic (exact) mass is 417 g/mol. The lowest BCUT2D eigenvalue weighted by molar-refractivity contribution is 0.331. The first-order chi connectivity index (χ1) is 10.8. The quantitative estimate of drug-likeness (QED) is 0.749. The number of sulfonamides is 1. The lowest BCUT2D eigenvalue weighted by Gasteiger charge is -2.17. The Morgan fingerprint density at radius 2 is 1.87 bits per heavy atom. The summed E-state index contributed by atoms with van der Waals surface area (Å²) in [7, 11) is -3.76. The van der Waals surface area contributed by atoms with Gasteiger partial charge in [0.1, 0.15) is 10.6 Å². The fourth-order valence-electron chi connectivity index (χ4n) is 2.08. The van der Waals surface area contributed by atoms with Crippen molar-refractivity contribution in [2.24, 2.45) is 0 Å². The molecule has 4 nitrogen and oxygen atoms in total. The van der Waals surface area contributed by atoms with Gasteiger partial charge in [-0.2, -0.15) is 0 Å². The van der Waals surface area contributed by atoms with E-state index in [1.165, 1.54) is 6.07 Å². The summed E-state index contributed by atoms with van der Waals surface area (Å²) in [5.74, 6) is 0.285. The lowest BCUT2D eigenvalue weighted by atomic mass is 10.1. The van der Waals surface area contributed by atoms with E-state index < -0.39 is 10.0 Å². The molecule has 1 N–H and O–H groups in total. The molecule has 124 valence electrons. The zero-order chi connectivity index (χ0) is 17.0. The second-order valence-corrected chi connectivity index (χ2v) is 7.95. The summed E-state index contributed by atoms with van der Waals surface area (Å²) in [6, 6.07) is 11.6. The van der Waals surface area contributed by atoms with E-state index >= 15 is 0 Å². The lowest BCUT2D eigenvalue weighted by Crippen LogP contribution is -2.27. The van der Waals surface area contributed by atoms with Crippen molar-refractivity contribution in [3.05, 3.63) is 57.5 Å². The molecule has 23 heavy (non-hydrogen) atoms. The van der Waals surface area contributed by atoms with Gasteiger partial charge in [-0.15, -0.1) is 0 Å². The molecule has 7 heteroatoms. The van der Waals surface area contributed by atoms with E-state index in [4.69, 9.17) is 16.3 Å². The Balaban J connectivity index is 2.31. The van der Waals surface area contributed by atoms with Crippen molar-refractivity contribution in [3.63, 3.8) is 0 Å². The molecular weight excluding hydrogens is 402 g/mol. The van der Waals surface area contributed by atoms with Crippen molar-refractivity contribution in [2.45, 2.75) is 24.8 Å². The zero-order valence-electron chi connectivity index (χ0n) is 12.7.